The van der Waals surface area contributed by atoms with E-state index in [1.54, 1.807) is 31.3 Å². The molecule has 1 aliphatic heterocycles. The summed E-state index contributed by atoms with van der Waals surface area (Å²) in [5.74, 6) is -0.355. The van der Waals surface area contributed by atoms with E-state index in [1.807, 2.05) is 37.3 Å². The van der Waals surface area contributed by atoms with E-state index in [-0.39, 0.29) is 30.6 Å². The van der Waals surface area contributed by atoms with Gasteiger partial charge in [-0.05, 0) is 36.8 Å². The maximum Gasteiger partial charge on any atom is 0.325 e. The predicted octanol–water partition coefficient (Wildman–Crippen LogP) is 3.50. The Morgan fingerprint density at radius 2 is 1.87 bits per heavy atom. The van der Waals surface area contributed by atoms with Gasteiger partial charge in [0.15, 0.2) is 0 Å². The van der Waals surface area contributed by atoms with Crippen LogP contribution in [0.25, 0.3) is 6.08 Å². The van der Waals surface area contributed by atoms with Crippen LogP contribution < -0.4 is 10.1 Å². The first-order valence-corrected chi connectivity index (χ1v) is 10.1. The quantitative estimate of drug-likeness (QED) is 0.736. The third kappa shape index (κ3) is 5.24. The Hall–Kier alpha value is -3.32. The van der Waals surface area contributed by atoms with E-state index in [9.17, 15) is 14.4 Å². The lowest BCUT2D eigenvalue weighted by Gasteiger charge is -2.22. The molecule has 0 saturated carbocycles. The van der Waals surface area contributed by atoms with E-state index in [0.29, 0.717) is 16.3 Å². The van der Waals surface area contributed by atoms with Crippen molar-refractivity contribution in [1.82, 2.24) is 15.1 Å². The molecule has 0 aliphatic carbocycles. The van der Waals surface area contributed by atoms with Crippen LogP contribution in [0.1, 0.15) is 24.1 Å². The highest BCUT2D eigenvalue weighted by Crippen LogP contribution is 2.26. The minimum absolute atomic E-state index is 0.0609. The molecule has 1 saturated heterocycles. The Balaban J connectivity index is 1.91. The van der Waals surface area contributed by atoms with Gasteiger partial charge in [0, 0.05) is 23.2 Å². The number of ether oxygens (including phenoxy) is 1. The van der Waals surface area contributed by atoms with Gasteiger partial charge in [-0.3, -0.25) is 14.5 Å². The van der Waals surface area contributed by atoms with E-state index < -0.39 is 11.9 Å². The molecule has 0 aromatic heterocycles. The summed E-state index contributed by atoms with van der Waals surface area (Å²) in [7, 11) is 3.10. The molecule has 1 fully saturated rings. The van der Waals surface area contributed by atoms with Gasteiger partial charge >= 0.3 is 6.03 Å². The van der Waals surface area contributed by atoms with E-state index in [0.717, 1.165) is 10.5 Å². The molecular formula is C23H24ClN3O4. The molecule has 1 heterocycles. The monoisotopic (exact) mass is 441 g/mol. The van der Waals surface area contributed by atoms with Crippen LogP contribution in [-0.4, -0.2) is 54.9 Å². The summed E-state index contributed by atoms with van der Waals surface area (Å²) in [5, 5.41) is 3.27. The second-order valence-corrected chi connectivity index (χ2v) is 7.72. The number of rotatable bonds is 4. The zero-order valence-electron chi connectivity index (χ0n) is 17.6. The van der Waals surface area contributed by atoms with Gasteiger partial charge in [0.2, 0.25) is 5.91 Å². The molecule has 1 aliphatic rings. The molecule has 4 amide bonds. The fourth-order valence-corrected chi connectivity index (χ4v) is 3.46. The van der Waals surface area contributed by atoms with E-state index >= 15 is 0 Å². The molecule has 2 aromatic rings. The smallest absolute Gasteiger partial charge is 0.325 e. The number of methoxy groups -OCH3 is 1. The minimum Gasteiger partial charge on any atom is -0.496 e. The first-order valence-electron chi connectivity index (χ1n) is 9.75. The normalized spacial score (nSPS) is 16.8. The van der Waals surface area contributed by atoms with Gasteiger partial charge in [-0.2, -0.15) is 0 Å². The van der Waals surface area contributed by atoms with Crippen LogP contribution in [0.15, 0.2) is 54.1 Å². The molecule has 1 atom stereocenters. The Bertz CT molecular complexity index is 1020. The topological polar surface area (TPSA) is 79.0 Å². The van der Waals surface area contributed by atoms with Crippen LogP contribution in [-0.2, 0) is 9.59 Å². The van der Waals surface area contributed by atoms with Crippen molar-refractivity contribution in [2.75, 3.05) is 27.2 Å². The van der Waals surface area contributed by atoms with Gasteiger partial charge in [0.25, 0.3) is 5.91 Å². The highest BCUT2D eigenvalue weighted by atomic mass is 35.5. The third-order valence-corrected chi connectivity index (χ3v) is 5.29. The van der Waals surface area contributed by atoms with E-state index in [1.165, 1.54) is 12.0 Å². The van der Waals surface area contributed by atoms with Gasteiger partial charge in [-0.25, -0.2) is 4.79 Å². The number of likely N-dealkylation sites (N-methyl/N-ethyl adjacent to an activating group) is 1. The lowest BCUT2D eigenvalue weighted by Crippen LogP contribution is -2.47. The van der Waals surface area contributed by atoms with Crippen LogP contribution in [0.4, 0.5) is 4.79 Å². The molecule has 0 bridgehead atoms. The summed E-state index contributed by atoms with van der Waals surface area (Å²) >= 11 is 6.10. The second kappa shape index (κ2) is 9.66. The highest BCUT2D eigenvalue weighted by molar-refractivity contribution is 6.30. The highest BCUT2D eigenvalue weighted by Gasteiger charge is 2.33. The van der Waals surface area contributed by atoms with E-state index in [4.69, 9.17) is 16.3 Å². The summed E-state index contributed by atoms with van der Waals surface area (Å²) in [6.45, 7) is 1.54. The Kier molecular flexibility index (Phi) is 6.97. The molecule has 2 aromatic carbocycles. The summed E-state index contributed by atoms with van der Waals surface area (Å²) in [5.41, 5.74) is 1.75. The van der Waals surface area contributed by atoms with Crippen LogP contribution in [0.3, 0.4) is 0 Å². The summed E-state index contributed by atoms with van der Waals surface area (Å²) < 4.78 is 5.34. The average Bonchev–Trinajstić information content (AvgIpc) is 2.86. The standard InChI is InChI=1S/C23H24ClN3O4/c1-15(16-7-5-4-6-8-16)25-23(30)27-14-21(28)26(2)13-18(22(27)29)11-17-12-19(24)9-10-20(17)31-3/h4-12,15H,13-14H2,1-3H3,(H,25,30)/b18-11+/t15-/m1/s1. The van der Waals surface area contributed by atoms with Crippen LogP contribution in [0.5, 0.6) is 5.75 Å². The summed E-state index contributed by atoms with van der Waals surface area (Å²) in [6, 6.07) is 13.4. The van der Waals surface area contributed by atoms with Crippen LogP contribution in [0, 0.1) is 0 Å². The van der Waals surface area contributed by atoms with Gasteiger partial charge in [-0.15, -0.1) is 0 Å². The van der Waals surface area contributed by atoms with Crippen molar-refractivity contribution in [2.45, 2.75) is 13.0 Å². The fraction of sp³-hybridized carbons (Fsp3) is 0.261. The first kappa shape index (κ1) is 22.4. The Labute approximate surface area is 186 Å². The van der Waals surface area contributed by atoms with Crippen molar-refractivity contribution in [3.05, 3.63) is 70.3 Å². The molecule has 0 unspecified atom stereocenters. The van der Waals surface area contributed by atoms with Crippen molar-refractivity contribution in [1.29, 1.82) is 0 Å². The summed E-state index contributed by atoms with van der Waals surface area (Å²) in [6.07, 6.45) is 1.60. The number of carbonyl (C=O) groups is 3. The molecule has 7 nitrogen and oxygen atoms in total. The lowest BCUT2D eigenvalue weighted by molar-refractivity contribution is -0.132. The molecular weight excluding hydrogens is 418 g/mol. The van der Waals surface area contributed by atoms with Gasteiger partial charge in [0.1, 0.15) is 12.3 Å². The number of hydrogen-bond acceptors (Lipinski definition) is 4. The number of benzene rings is 2. The second-order valence-electron chi connectivity index (χ2n) is 7.28. The molecule has 162 valence electrons. The molecule has 3 rings (SSSR count). The molecule has 8 heteroatoms. The maximum atomic E-state index is 13.2. The molecule has 0 spiro atoms. The average molecular weight is 442 g/mol. The van der Waals surface area contributed by atoms with E-state index in [2.05, 4.69) is 5.32 Å². The number of carbonyl (C=O) groups excluding carboxylic acids is 3. The van der Waals surface area contributed by atoms with Crippen molar-refractivity contribution in [3.8, 4) is 5.75 Å². The number of amides is 4. The molecule has 31 heavy (non-hydrogen) atoms. The van der Waals surface area contributed by atoms with Crippen molar-refractivity contribution in [3.63, 3.8) is 0 Å². The fourth-order valence-electron chi connectivity index (χ4n) is 3.28. The predicted molar refractivity (Wildman–Crippen MR) is 119 cm³/mol. The Morgan fingerprint density at radius 1 is 1.16 bits per heavy atom. The Morgan fingerprint density at radius 3 is 2.55 bits per heavy atom. The number of nitrogens with zero attached hydrogens (tertiary/aromatic N) is 2. The van der Waals surface area contributed by atoms with Crippen molar-refractivity contribution in [2.24, 2.45) is 0 Å². The SMILES string of the molecule is COc1ccc(Cl)cc1/C=C1\CN(C)C(=O)CN(C(=O)N[C@H](C)c2ccccc2)C1=O. The number of nitrogens with one attached hydrogen (secondary N) is 1. The van der Waals surface area contributed by atoms with Crippen LogP contribution >= 0.6 is 11.6 Å². The number of halogens is 1. The largest absolute Gasteiger partial charge is 0.496 e. The zero-order valence-corrected chi connectivity index (χ0v) is 18.3. The van der Waals surface area contributed by atoms with Crippen molar-refractivity contribution >= 4 is 35.5 Å². The van der Waals surface area contributed by atoms with Gasteiger partial charge in [0.05, 0.1) is 19.7 Å². The van der Waals surface area contributed by atoms with Gasteiger partial charge < -0.3 is 15.0 Å². The maximum absolute atomic E-state index is 13.2. The lowest BCUT2D eigenvalue weighted by atomic mass is 10.1. The number of imide groups is 1. The molecule has 1 N–H and O–H groups in total. The number of hydrogen-bond donors (Lipinski definition) is 1. The zero-order chi connectivity index (χ0) is 22.5. The minimum atomic E-state index is -0.631. The third-order valence-electron chi connectivity index (χ3n) is 5.05. The summed E-state index contributed by atoms with van der Waals surface area (Å²) in [4.78, 5) is 41.0. The molecule has 0 radical (unpaired) electrons. The first-order chi connectivity index (χ1) is 14.8. The van der Waals surface area contributed by atoms with Crippen LogP contribution in [0.2, 0.25) is 5.02 Å². The number of urea groups is 1. The van der Waals surface area contributed by atoms with Gasteiger partial charge in [-0.1, -0.05) is 41.9 Å². The van der Waals surface area contributed by atoms with Crippen molar-refractivity contribution < 1.29 is 19.1 Å².